The first-order chi connectivity index (χ1) is 13.1. The number of hydrogen-bond donors (Lipinski definition) is 1. The second-order valence-electron chi connectivity index (χ2n) is 6.34. The molecule has 0 bridgehead atoms. The standard InChI is InChI=1S/C21H18FN3O2/c1-14-8-9-16(27-13-19-17(22)6-4-10-23-19)11-20(14)25-12-15-5-2-3-7-18(15)24-21(25)26/h2-11H,12-13H2,1H3,(H,24,26). The summed E-state index contributed by atoms with van der Waals surface area (Å²) in [4.78, 5) is 18.2. The van der Waals surface area contributed by atoms with E-state index in [1.807, 2.05) is 37.3 Å². The lowest BCUT2D eigenvalue weighted by atomic mass is 10.1. The number of aromatic nitrogens is 1. The van der Waals surface area contributed by atoms with Gasteiger partial charge in [0.1, 0.15) is 23.9 Å². The van der Waals surface area contributed by atoms with Gasteiger partial charge in [0.15, 0.2) is 0 Å². The van der Waals surface area contributed by atoms with Gasteiger partial charge in [-0.2, -0.15) is 0 Å². The maximum atomic E-state index is 13.7. The lowest BCUT2D eigenvalue weighted by Crippen LogP contribution is -2.39. The number of hydrogen-bond acceptors (Lipinski definition) is 3. The second kappa shape index (κ2) is 7.07. The maximum Gasteiger partial charge on any atom is 0.326 e. The molecule has 1 aromatic heterocycles. The third-order valence-corrected chi connectivity index (χ3v) is 4.51. The van der Waals surface area contributed by atoms with E-state index in [4.69, 9.17) is 4.74 Å². The summed E-state index contributed by atoms with van der Waals surface area (Å²) in [6.07, 6.45) is 1.53. The fraction of sp³-hybridized carbons (Fsp3) is 0.143. The van der Waals surface area contributed by atoms with Gasteiger partial charge < -0.3 is 10.1 Å². The molecule has 5 nitrogen and oxygen atoms in total. The smallest absolute Gasteiger partial charge is 0.326 e. The highest BCUT2D eigenvalue weighted by molar-refractivity contribution is 6.04. The number of carbonyl (C=O) groups is 1. The fourth-order valence-corrected chi connectivity index (χ4v) is 3.05. The van der Waals surface area contributed by atoms with Crippen LogP contribution in [-0.4, -0.2) is 11.0 Å². The molecule has 0 spiro atoms. The molecule has 1 N–H and O–H groups in total. The number of aryl methyl sites for hydroxylation is 1. The Morgan fingerprint density at radius 2 is 2.04 bits per heavy atom. The molecule has 1 aliphatic rings. The van der Waals surface area contributed by atoms with Crippen LogP contribution in [0.1, 0.15) is 16.8 Å². The number of benzene rings is 2. The highest BCUT2D eigenvalue weighted by Gasteiger charge is 2.25. The number of fused-ring (bicyclic) bond motifs is 1. The van der Waals surface area contributed by atoms with Crippen LogP contribution in [-0.2, 0) is 13.2 Å². The van der Waals surface area contributed by atoms with Gasteiger partial charge in [0, 0.05) is 18.0 Å². The van der Waals surface area contributed by atoms with E-state index in [-0.39, 0.29) is 18.3 Å². The first kappa shape index (κ1) is 17.0. The van der Waals surface area contributed by atoms with Crippen LogP contribution in [0.15, 0.2) is 60.8 Å². The van der Waals surface area contributed by atoms with Gasteiger partial charge in [-0.25, -0.2) is 9.18 Å². The number of amides is 2. The number of nitrogens with one attached hydrogen (secondary N) is 1. The van der Waals surface area contributed by atoms with Crippen LogP contribution in [0.2, 0.25) is 0 Å². The average molecular weight is 363 g/mol. The molecular formula is C21H18FN3O2. The minimum absolute atomic E-state index is 0.0181. The van der Waals surface area contributed by atoms with Crippen LogP contribution in [0.5, 0.6) is 5.75 Å². The van der Waals surface area contributed by atoms with Crippen molar-refractivity contribution in [3.8, 4) is 5.75 Å². The van der Waals surface area contributed by atoms with E-state index >= 15 is 0 Å². The Kier molecular flexibility index (Phi) is 4.46. The van der Waals surface area contributed by atoms with Gasteiger partial charge in [-0.15, -0.1) is 0 Å². The van der Waals surface area contributed by atoms with Gasteiger partial charge in [0.2, 0.25) is 0 Å². The topological polar surface area (TPSA) is 54.5 Å². The molecular weight excluding hydrogens is 345 g/mol. The van der Waals surface area contributed by atoms with Crippen LogP contribution >= 0.6 is 0 Å². The predicted molar refractivity (Wildman–Crippen MR) is 101 cm³/mol. The average Bonchev–Trinajstić information content (AvgIpc) is 2.68. The van der Waals surface area contributed by atoms with Crippen LogP contribution in [0, 0.1) is 12.7 Å². The van der Waals surface area contributed by atoms with Gasteiger partial charge in [-0.3, -0.25) is 9.88 Å². The van der Waals surface area contributed by atoms with E-state index in [1.54, 1.807) is 17.0 Å². The summed E-state index contributed by atoms with van der Waals surface area (Å²) in [5.74, 6) is 0.143. The number of anilines is 2. The Bertz CT molecular complexity index is 1010. The number of pyridine rings is 1. The van der Waals surface area contributed by atoms with Crippen molar-refractivity contribution in [2.45, 2.75) is 20.1 Å². The van der Waals surface area contributed by atoms with E-state index < -0.39 is 5.82 Å². The normalized spacial score (nSPS) is 13.1. The minimum atomic E-state index is -0.406. The molecule has 1 aliphatic heterocycles. The quantitative estimate of drug-likeness (QED) is 0.733. The van der Waals surface area contributed by atoms with Gasteiger partial charge in [0.25, 0.3) is 0 Å². The molecule has 6 heteroatoms. The molecule has 0 fully saturated rings. The van der Waals surface area contributed by atoms with E-state index in [2.05, 4.69) is 10.3 Å². The van der Waals surface area contributed by atoms with Crippen molar-refractivity contribution >= 4 is 17.4 Å². The number of ether oxygens (including phenoxy) is 1. The monoisotopic (exact) mass is 363 g/mol. The molecule has 0 aliphatic carbocycles. The van der Waals surface area contributed by atoms with Crippen molar-refractivity contribution in [1.82, 2.24) is 4.98 Å². The molecule has 4 rings (SSSR count). The number of rotatable bonds is 4. The van der Waals surface area contributed by atoms with Crippen LogP contribution < -0.4 is 15.0 Å². The molecule has 0 unspecified atom stereocenters. The SMILES string of the molecule is Cc1ccc(OCc2ncccc2F)cc1N1Cc2ccccc2NC1=O. The number of carbonyl (C=O) groups excluding carboxylic acids is 1. The lowest BCUT2D eigenvalue weighted by molar-refractivity contribution is 0.256. The zero-order valence-corrected chi connectivity index (χ0v) is 14.8. The fourth-order valence-electron chi connectivity index (χ4n) is 3.05. The summed E-state index contributed by atoms with van der Waals surface area (Å²) in [5.41, 5.74) is 3.80. The molecule has 0 atom stereocenters. The van der Waals surface area contributed by atoms with Crippen LogP contribution in [0.25, 0.3) is 0 Å². The van der Waals surface area contributed by atoms with Gasteiger partial charge in [0.05, 0.1) is 12.2 Å². The largest absolute Gasteiger partial charge is 0.487 e. The molecule has 3 aromatic rings. The molecule has 2 amide bonds. The molecule has 2 aromatic carbocycles. The first-order valence-electron chi connectivity index (χ1n) is 8.61. The third-order valence-electron chi connectivity index (χ3n) is 4.51. The highest BCUT2D eigenvalue weighted by atomic mass is 19.1. The van der Waals surface area contributed by atoms with Crippen molar-refractivity contribution in [2.24, 2.45) is 0 Å². The van der Waals surface area contributed by atoms with Crippen LogP contribution in [0.3, 0.4) is 0 Å². The Morgan fingerprint density at radius 1 is 1.19 bits per heavy atom. The zero-order valence-electron chi connectivity index (χ0n) is 14.8. The summed E-state index contributed by atoms with van der Waals surface area (Å²) < 4.78 is 19.4. The van der Waals surface area contributed by atoms with Gasteiger partial charge in [-0.05, 0) is 42.3 Å². The van der Waals surface area contributed by atoms with Gasteiger partial charge in [-0.1, -0.05) is 24.3 Å². The summed E-state index contributed by atoms with van der Waals surface area (Å²) >= 11 is 0. The summed E-state index contributed by atoms with van der Waals surface area (Å²) in [5, 5.41) is 2.91. The first-order valence-corrected chi connectivity index (χ1v) is 8.61. The van der Waals surface area contributed by atoms with E-state index in [0.717, 1.165) is 22.5 Å². The summed E-state index contributed by atoms with van der Waals surface area (Å²) in [7, 11) is 0. The molecule has 2 heterocycles. The van der Waals surface area contributed by atoms with Crippen LogP contribution in [0.4, 0.5) is 20.6 Å². The molecule has 0 saturated carbocycles. The molecule has 27 heavy (non-hydrogen) atoms. The van der Waals surface area contributed by atoms with E-state index in [9.17, 15) is 9.18 Å². The number of halogens is 1. The predicted octanol–water partition coefficient (Wildman–Crippen LogP) is 4.66. The molecule has 136 valence electrons. The Morgan fingerprint density at radius 3 is 2.89 bits per heavy atom. The van der Waals surface area contributed by atoms with Crippen molar-refractivity contribution < 1.29 is 13.9 Å². The summed E-state index contributed by atoms with van der Waals surface area (Å²) in [6, 6.07) is 15.9. The minimum Gasteiger partial charge on any atom is -0.487 e. The van der Waals surface area contributed by atoms with Crippen molar-refractivity contribution in [3.05, 3.63) is 83.4 Å². The number of nitrogens with zero attached hydrogens (tertiary/aromatic N) is 2. The Hall–Kier alpha value is -3.41. The third kappa shape index (κ3) is 3.46. The van der Waals surface area contributed by atoms with E-state index in [1.165, 1.54) is 18.3 Å². The number of para-hydroxylation sites is 1. The summed E-state index contributed by atoms with van der Waals surface area (Å²) in [6.45, 7) is 2.43. The maximum absolute atomic E-state index is 13.7. The van der Waals surface area contributed by atoms with E-state index in [0.29, 0.717) is 12.3 Å². The zero-order chi connectivity index (χ0) is 18.8. The lowest BCUT2D eigenvalue weighted by Gasteiger charge is -2.30. The highest BCUT2D eigenvalue weighted by Crippen LogP contribution is 2.32. The second-order valence-corrected chi connectivity index (χ2v) is 6.34. The molecule has 0 saturated heterocycles. The van der Waals surface area contributed by atoms with Crippen molar-refractivity contribution in [2.75, 3.05) is 10.2 Å². The molecule has 0 radical (unpaired) electrons. The number of urea groups is 1. The van der Waals surface area contributed by atoms with Gasteiger partial charge >= 0.3 is 6.03 Å². The van der Waals surface area contributed by atoms with Crippen molar-refractivity contribution in [3.63, 3.8) is 0 Å². The Labute approximate surface area is 156 Å². The Balaban J connectivity index is 1.58. The van der Waals surface area contributed by atoms with Crippen molar-refractivity contribution in [1.29, 1.82) is 0 Å².